The highest BCUT2D eigenvalue weighted by Crippen LogP contribution is 2.10. The van der Waals surface area contributed by atoms with Gasteiger partial charge in [0.15, 0.2) is 9.84 Å². The lowest BCUT2D eigenvalue weighted by Crippen LogP contribution is -2.56. The van der Waals surface area contributed by atoms with Gasteiger partial charge in [0.05, 0.1) is 23.6 Å². The molecule has 1 fully saturated rings. The van der Waals surface area contributed by atoms with Crippen LogP contribution in [-0.2, 0) is 14.6 Å². The molecule has 0 aromatic carbocycles. The van der Waals surface area contributed by atoms with E-state index in [0.29, 0.717) is 6.42 Å². The highest BCUT2D eigenvalue weighted by molar-refractivity contribution is 7.92. The maximum Gasteiger partial charge on any atom is 0.237 e. The van der Waals surface area contributed by atoms with Crippen LogP contribution in [0.5, 0.6) is 0 Å². The molecule has 0 aromatic rings. The highest BCUT2D eigenvalue weighted by Gasteiger charge is 2.34. The first-order valence-electron chi connectivity index (χ1n) is 4.32. The lowest BCUT2D eigenvalue weighted by molar-refractivity contribution is -0.122. The minimum absolute atomic E-state index is 0.0273. The van der Waals surface area contributed by atoms with E-state index in [2.05, 4.69) is 11.9 Å². The number of hydrogen-bond donors (Lipinski definition) is 2. The van der Waals surface area contributed by atoms with Gasteiger partial charge >= 0.3 is 0 Å². The maximum absolute atomic E-state index is 11.3. The van der Waals surface area contributed by atoms with Crippen LogP contribution in [0.3, 0.4) is 0 Å². The molecule has 0 bridgehead atoms. The lowest BCUT2D eigenvalue weighted by atomic mass is 10.2. The van der Waals surface area contributed by atoms with Crippen LogP contribution in [0, 0.1) is 0 Å². The molecule has 0 radical (unpaired) electrons. The zero-order valence-electron chi connectivity index (χ0n) is 7.77. The summed E-state index contributed by atoms with van der Waals surface area (Å²) in [7, 11) is -2.89. The van der Waals surface area contributed by atoms with Crippen molar-refractivity contribution < 1.29 is 13.2 Å². The van der Waals surface area contributed by atoms with Gasteiger partial charge in [-0.1, -0.05) is 6.08 Å². The topological polar surface area (TPSA) is 89.3 Å². The van der Waals surface area contributed by atoms with E-state index < -0.39 is 15.9 Å². The van der Waals surface area contributed by atoms with Gasteiger partial charge in [-0.25, -0.2) is 8.42 Å². The second-order valence-electron chi connectivity index (χ2n) is 3.41. The Balaban J connectivity index is 2.32. The molecule has 1 aliphatic rings. The summed E-state index contributed by atoms with van der Waals surface area (Å²) in [6.45, 7) is 3.46. The van der Waals surface area contributed by atoms with Crippen molar-refractivity contribution in [2.24, 2.45) is 5.73 Å². The Bertz CT molecular complexity index is 324. The number of amides is 1. The van der Waals surface area contributed by atoms with Gasteiger partial charge in [0.1, 0.15) is 0 Å². The van der Waals surface area contributed by atoms with E-state index in [-0.39, 0.29) is 23.5 Å². The molecule has 1 rings (SSSR count). The fourth-order valence-corrected chi connectivity index (χ4v) is 2.54. The molecular weight excluding hydrogens is 204 g/mol. The molecule has 1 heterocycles. The minimum Gasteiger partial charge on any atom is -0.350 e. The molecule has 3 N–H and O–H groups in total. The first kappa shape index (κ1) is 11.2. The quantitative estimate of drug-likeness (QED) is 0.580. The summed E-state index contributed by atoms with van der Waals surface area (Å²) in [5.41, 5.74) is 5.49. The maximum atomic E-state index is 11.3. The molecule has 0 aromatic heterocycles. The summed E-state index contributed by atoms with van der Waals surface area (Å²) in [5.74, 6) is -0.260. The molecule has 1 unspecified atom stereocenters. The Morgan fingerprint density at radius 1 is 1.64 bits per heavy atom. The first-order chi connectivity index (χ1) is 6.44. The van der Waals surface area contributed by atoms with Crippen LogP contribution in [-0.4, -0.2) is 37.9 Å². The average molecular weight is 218 g/mol. The van der Waals surface area contributed by atoms with E-state index >= 15 is 0 Å². The molecule has 1 amide bonds. The van der Waals surface area contributed by atoms with Crippen molar-refractivity contribution in [1.82, 2.24) is 5.32 Å². The number of rotatable bonds is 4. The van der Waals surface area contributed by atoms with Gasteiger partial charge in [-0.3, -0.25) is 4.79 Å². The molecule has 0 spiro atoms. The molecule has 1 atom stereocenters. The second kappa shape index (κ2) is 4.10. The Morgan fingerprint density at radius 3 is 2.64 bits per heavy atom. The monoisotopic (exact) mass is 218 g/mol. The van der Waals surface area contributed by atoms with E-state index in [4.69, 9.17) is 5.73 Å². The van der Waals surface area contributed by atoms with Crippen molar-refractivity contribution in [1.29, 1.82) is 0 Å². The standard InChI is InChI=1S/C8H14N2O3S/c1-2-3-7(9)8(11)10-6-4-14(12,13)5-6/h2,6-7H,1,3-5,9H2,(H,10,11). The Morgan fingerprint density at radius 2 is 2.21 bits per heavy atom. The van der Waals surface area contributed by atoms with Crippen LogP contribution < -0.4 is 11.1 Å². The summed E-state index contributed by atoms with van der Waals surface area (Å²) >= 11 is 0. The van der Waals surface area contributed by atoms with Crippen molar-refractivity contribution in [2.45, 2.75) is 18.5 Å². The van der Waals surface area contributed by atoms with Crippen molar-refractivity contribution in [2.75, 3.05) is 11.5 Å². The minimum atomic E-state index is -2.89. The summed E-state index contributed by atoms with van der Waals surface area (Å²) in [6.07, 6.45) is 1.95. The largest absolute Gasteiger partial charge is 0.350 e. The van der Waals surface area contributed by atoms with Crippen LogP contribution in [0.4, 0.5) is 0 Å². The van der Waals surface area contributed by atoms with E-state index in [0.717, 1.165) is 0 Å². The van der Waals surface area contributed by atoms with Crippen molar-refractivity contribution in [3.63, 3.8) is 0 Å². The van der Waals surface area contributed by atoms with Gasteiger partial charge < -0.3 is 11.1 Å². The molecular formula is C8H14N2O3S. The normalized spacial score (nSPS) is 22.1. The third-order valence-corrected chi connectivity index (χ3v) is 3.83. The van der Waals surface area contributed by atoms with Gasteiger partial charge in [0.2, 0.25) is 5.91 Å². The number of nitrogens with two attached hydrogens (primary N) is 1. The molecule has 6 heteroatoms. The molecule has 14 heavy (non-hydrogen) atoms. The van der Waals surface area contributed by atoms with Crippen molar-refractivity contribution in [3.05, 3.63) is 12.7 Å². The molecule has 0 saturated carbocycles. The Hall–Kier alpha value is -0.880. The van der Waals surface area contributed by atoms with Crippen molar-refractivity contribution in [3.8, 4) is 0 Å². The van der Waals surface area contributed by atoms with E-state index in [9.17, 15) is 13.2 Å². The Kier molecular flexibility index (Phi) is 3.28. The lowest BCUT2D eigenvalue weighted by Gasteiger charge is -2.27. The number of sulfone groups is 1. The molecule has 80 valence electrons. The van der Waals surface area contributed by atoms with Crippen LogP contribution >= 0.6 is 0 Å². The number of carbonyl (C=O) groups excluding carboxylic acids is 1. The molecule has 5 nitrogen and oxygen atoms in total. The summed E-state index contributed by atoms with van der Waals surface area (Å²) in [6, 6.07) is -0.890. The first-order valence-corrected chi connectivity index (χ1v) is 6.14. The molecule has 1 aliphatic heterocycles. The third-order valence-electron chi connectivity index (χ3n) is 2.01. The molecule has 0 aliphatic carbocycles. The van der Waals surface area contributed by atoms with Crippen LogP contribution in [0.15, 0.2) is 12.7 Å². The predicted molar refractivity (Wildman–Crippen MR) is 53.4 cm³/mol. The molecule has 1 saturated heterocycles. The van der Waals surface area contributed by atoms with Gasteiger partial charge in [-0.05, 0) is 6.42 Å². The van der Waals surface area contributed by atoms with E-state index in [1.807, 2.05) is 0 Å². The van der Waals surface area contributed by atoms with Crippen molar-refractivity contribution >= 4 is 15.7 Å². The number of nitrogens with one attached hydrogen (secondary N) is 1. The van der Waals surface area contributed by atoms with Crippen LogP contribution in [0.25, 0.3) is 0 Å². The van der Waals surface area contributed by atoms with Gasteiger partial charge in [0.25, 0.3) is 0 Å². The Labute approximate surface area is 83.3 Å². The van der Waals surface area contributed by atoms with Gasteiger partial charge in [-0.15, -0.1) is 6.58 Å². The van der Waals surface area contributed by atoms with Crippen LogP contribution in [0.2, 0.25) is 0 Å². The van der Waals surface area contributed by atoms with E-state index in [1.54, 1.807) is 6.08 Å². The van der Waals surface area contributed by atoms with Gasteiger partial charge in [0, 0.05) is 0 Å². The fraction of sp³-hybridized carbons (Fsp3) is 0.625. The third kappa shape index (κ3) is 2.81. The number of carbonyl (C=O) groups is 1. The summed E-state index contributed by atoms with van der Waals surface area (Å²) in [4.78, 5) is 11.3. The SMILES string of the molecule is C=CCC(N)C(=O)NC1CS(=O)(=O)C1. The second-order valence-corrected chi connectivity index (χ2v) is 5.57. The zero-order chi connectivity index (χ0) is 10.8. The fourth-order valence-electron chi connectivity index (χ4n) is 1.24. The van der Waals surface area contributed by atoms with E-state index in [1.165, 1.54) is 0 Å². The zero-order valence-corrected chi connectivity index (χ0v) is 8.59. The summed E-state index contributed by atoms with van der Waals surface area (Å²) in [5, 5.41) is 2.57. The number of hydrogen-bond acceptors (Lipinski definition) is 4. The smallest absolute Gasteiger partial charge is 0.237 e. The average Bonchev–Trinajstić information content (AvgIpc) is 2.01. The highest BCUT2D eigenvalue weighted by atomic mass is 32.2. The predicted octanol–water partition coefficient (Wildman–Crippen LogP) is -1.20. The summed E-state index contributed by atoms with van der Waals surface area (Å²) < 4.78 is 21.6. The van der Waals surface area contributed by atoms with Gasteiger partial charge in [-0.2, -0.15) is 0 Å². The van der Waals surface area contributed by atoms with Crippen LogP contribution in [0.1, 0.15) is 6.42 Å².